The zero-order chi connectivity index (χ0) is 24.6. The molecule has 182 valence electrons. The second kappa shape index (κ2) is 9.30. The molecule has 0 atom stereocenters. The summed E-state index contributed by atoms with van der Waals surface area (Å²) in [5.74, 6) is 1.20. The van der Waals surface area contributed by atoms with E-state index in [-0.39, 0.29) is 29.9 Å². The number of carbonyl (C=O) groups excluding carboxylic acids is 2. The number of amides is 2. The van der Waals surface area contributed by atoms with Crippen molar-refractivity contribution in [3.63, 3.8) is 0 Å². The topological polar surface area (TPSA) is 93.7 Å². The van der Waals surface area contributed by atoms with Crippen LogP contribution in [0.25, 0.3) is 0 Å². The zero-order valence-electron chi connectivity index (χ0n) is 20.0. The van der Waals surface area contributed by atoms with E-state index in [2.05, 4.69) is 36.3 Å². The van der Waals surface area contributed by atoms with Crippen molar-refractivity contribution in [3.05, 3.63) is 63.6 Å². The summed E-state index contributed by atoms with van der Waals surface area (Å²) in [6, 6.07) is 13.2. The number of nitrogens with zero attached hydrogens (tertiary/aromatic N) is 3. The van der Waals surface area contributed by atoms with Crippen molar-refractivity contribution in [1.82, 2.24) is 15.1 Å². The minimum Gasteiger partial charge on any atom is -0.454 e. The molecule has 1 N–H and O–H groups in total. The number of carbonyl (C=O) groups is 2. The molecule has 2 aliphatic heterocycles. The molecule has 2 aromatic carbocycles. The Hall–Kier alpha value is -3.46. The number of aromatic nitrogens is 2. The van der Waals surface area contributed by atoms with Crippen LogP contribution in [0.3, 0.4) is 0 Å². The van der Waals surface area contributed by atoms with Crippen molar-refractivity contribution >= 4 is 28.8 Å². The van der Waals surface area contributed by atoms with Gasteiger partial charge in [-0.05, 0) is 48.1 Å². The van der Waals surface area contributed by atoms with Crippen molar-refractivity contribution in [3.8, 4) is 11.5 Å². The molecule has 3 heterocycles. The number of piperidine rings is 1. The summed E-state index contributed by atoms with van der Waals surface area (Å²) in [5.41, 5.74) is 2.60. The number of benzene rings is 2. The third-order valence-corrected chi connectivity index (χ3v) is 7.48. The molecule has 35 heavy (non-hydrogen) atoms. The van der Waals surface area contributed by atoms with E-state index in [4.69, 9.17) is 9.47 Å². The van der Waals surface area contributed by atoms with Crippen molar-refractivity contribution in [2.75, 3.05) is 25.2 Å². The molecule has 0 spiro atoms. The fourth-order valence-corrected chi connectivity index (χ4v) is 5.18. The Morgan fingerprint density at radius 1 is 1.00 bits per heavy atom. The van der Waals surface area contributed by atoms with E-state index >= 15 is 0 Å². The highest BCUT2D eigenvalue weighted by atomic mass is 32.1. The largest absolute Gasteiger partial charge is 0.454 e. The normalized spacial score (nSPS) is 15.8. The number of ether oxygens (including phenoxy) is 2. The van der Waals surface area contributed by atoms with Crippen LogP contribution >= 0.6 is 11.3 Å². The first-order valence-corrected chi connectivity index (χ1v) is 12.5. The number of rotatable bonds is 4. The van der Waals surface area contributed by atoms with Gasteiger partial charge in [0.15, 0.2) is 11.5 Å². The fraction of sp³-hybridized carbons (Fsp3) is 0.385. The molecule has 5 rings (SSSR count). The van der Waals surface area contributed by atoms with Crippen molar-refractivity contribution in [2.45, 2.75) is 44.9 Å². The molecule has 0 saturated carbocycles. The molecule has 9 heteroatoms. The first-order valence-electron chi connectivity index (χ1n) is 11.7. The molecule has 1 aromatic heterocycles. The van der Waals surface area contributed by atoms with E-state index in [9.17, 15) is 9.59 Å². The number of likely N-dealkylation sites (tertiary alicyclic amines) is 1. The standard InChI is InChI=1S/C26H28N4O4S/c1-26(2,3)18-6-4-17(5-7-18)25(32)30-12-10-16(11-13-30)23-28-29-24(35-23)22(31)27-19-8-9-20-21(14-19)34-15-33-20/h4-9,14,16H,10-13,15H2,1-3H3,(H,27,31). The average molecular weight is 493 g/mol. The lowest BCUT2D eigenvalue weighted by atomic mass is 9.86. The highest BCUT2D eigenvalue weighted by Crippen LogP contribution is 2.35. The van der Waals surface area contributed by atoms with Crippen molar-refractivity contribution < 1.29 is 19.1 Å². The second-order valence-electron chi connectivity index (χ2n) is 9.86. The highest BCUT2D eigenvalue weighted by Gasteiger charge is 2.28. The molecular formula is C26H28N4O4S. The Morgan fingerprint density at radius 3 is 2.43 bits per heavy atom. The number of fused-ring (bicyclic) bond motifs is 1. The van der Waals surface area contributed by atoms with E-state index in [1.54, 1.807) is 18.2 Å². The third-order valence-electron chi connectivity index (χ3n) is 6.39. The van der Waals surface area contributed by atoms with Gasteiger partial charge in [-0.15, -0.1) is 10.2 Å². The van der Waals surface area contributed by atoms with E-state index in [1.807, 2.05) is 29.2 Å². The van der Waals surface area contributed by atoms with Crippen molar-refractivity contribution in [1.29, 1.82) is 0 Å². The van der Waals surface area contributed by atoms with Crippen LogP contribution in [0.15, 0.2) is 42.5 Å². The monoisotopic (exact) mass is 492 g/mol. The maximum atomic E-state index is 13.0. The van der Waals surface area contributed by atoms with E-state index in [0.29, 0.717) is 35.3 Å². The average Bonchev–Trinajstić information content (AvgIpc) is 3.53. The fourth-order valence-electron chi connectivity index (χ4n) is 4.28. The number of hydrogen-bond donors (Lipinski definition) is 1. The SMILES string of the molecule is CC(C)(C)c1ccc(C(=O)N2CCC(c3nnc(C(=O)Nc4ccc5c(c4)OCO5)s3)CC2)cc1. The smallest absolute Gasteiger partial charge is 0.286 e. The molecule has 0 radical (unpaired) electrons. The van der Waals surface area contributed by atoms with Crippen LogP contribution in [0.4, 0.5) is 5.69 Å². The molecule has 0 unspecified atom stereocenters. The Morgan fingerprint density at radius 2 is 1.71 bits per heavy atom. The number of hydrogen-bond acceptors (Lipinski definition) is 7. The summed E-state index contributed by atoms with van der Waals surface area (Å²) in [4.78, 5) is 27.5. The minimum absolute atomic E-state index is 0.0574. The summed E-state index contributed by atoms with van der Waals surface area (Å²) in [5, 5.41) is 12.4. The van der Waals surface area contributed by atoms with Crippen LogP contribution in [0, 0.1) is 0 Å². The molecule has 1 fully saturated rings. The van der Waals surface area contributed by atoms with Crippen LogP contribution in [0.5, 0.6) is 11.5 Å². The molecule has 0 bridgehead atoms. The molecular weight excluding hydrogens is 464 g/mol. The number of nitrogens with one attached hydrogen (secondary N) is 1. The third kappa shape index (κ3) is 5.00. The van der Waals surface area contributed by atoms with Crippen LogP contribution in [0.1, 0.15) is 70.3 Å². The van der Waals surface area contributed by atoms with Gasteiger partial charge >= 0.3 is 0 Å². The quantitative estimate of drug-likeness (QED) is 0.560. The Bertz CT molecular complexity index is 1240. The zero-order valence-corrected chi connectivity index (χ0v) is 20.9. The van der Waals surface area contributed by atoms with Crippen LogP contribution in [-0.4, -0.2) is 46.8 Å². The maximum Gasteiger partial charge on any atom is 0.286 e. The molecule has 1 saturated heterocycles. The van der Waals surface area contributed by atoms with Crippen LogP contribution in [-0.2, 0) is 5.41 Å². The van der Waals surface area contributed by atoms with Gasteiger partial charge in [0.1, 0.15) is 5.01 Å². The maximum absolute atomic E-state index is 13.0. The lowest BCUT2D eigenvalue weighted by Crippen LogP contribution is -2.37. The summed E-state index contributed by atoms with van der Waals surface area (Å²) >= 11 is 1.31. The van der Waals surface area contributed by atoms with Gasteiger partial charge in [0.05, 0.1) is 0 Å². The first-order chi connectivity index (χ1) is 16.8. The van der Waals surface area contributed by atoms with Gasteiger partial charge in [-0.25, -0.2) is 0 Å². The minimum atomic E-state index is -0.307. The van der Waals surface area contributed by atoms with Gasteiger partial charge < -0.3 is 19.7 Å². The highest BCUT2D eigenvalue weighted by molar-refractivity contribution is 7.13. The summed E-state index contributed by atoms with van der Waals surface area (Å²) in [6.07, 6.45) is 1.59. The second-order valence-corrected chi connectivity index (χ2v) is 10.9. The molecule has 2 amide bonds. The molecule has 2 aliphatic rings. The summed E-state index contributed by atoms with van der Waals surface area (Å²) in [7, 11) is 0. The Balaban J connectivity index is 1.17. The van der Waals surface area contributed by atoms with Gasteiger partial charge in [0.2, 0.25) is 11.8 Å². The van der Waals surface area contributed by atoms with E-state index in [1.165, 1.54) is 16.9 Å². The Kier molecular flexibility index (Phi) is 6.19. The molecule has 3 aromatic rings. The Labute approximate surface area is 208 Å². The predicted molar refractivity (Wildman–Crippen MR) is 133 cm³/mol. The van der Waals surface area contributed by atoms with Gasteiger partial charge in [-0.2, -0.15) is 0 Å². The summed E-state index contributed by atoms with van der Waals surface area (Å²) in [6.45, 7) is 7.98. The lowest BCUT2D eigenvalue weighted by molar-refractivity contribution is 0.0712. The van der Waals surface area contributed by atoms with E-state index in [0.717, 1.165) is 23.4 Å². The number of anilines is 1. The van der Waals surface area contributed by atoms with Gasteiger partial charge in [-0.1, -0.05) is 44.2 Å². The van der Waals surface area contributed by atoms with Crippen LogP contribution < -0.4 is 14.8 Å². The molecule has 8 nitrogen and oxygen atoms in total. The lowest BCUT2D eigenvalue weighted by Gasteiger charge is -2.31. The molecule has 0 aliphatic carbocycles. The predicted octanol–water partition coefficient (Wildman–Crippen LogP) is 4.84. The van der Waals surface area contributed by atoms with Crippen molar-refractivity contribution in [2.24, 2.45) is 0 Å². The van der Waals surface area contributed by atoms with Gasteiger partial charge in [0, 0.05) is 36.3 Å². The van der Waals surface area contributed by atoms with E-state index < -0.39 is 0 Å². The van der Waals surface area contributed by atoms with Gasteiger partial charge in [-0.3, -0.25) is 9.59 Å². The van der Waals surface area contributed by atoms with Gasteiger partial charge in [0.25, 0.3) is 11.8 Å². The first kappa shape index (κ1) is 23.3. The van der Waals surface area contributed by atoms with Crippen LogP contribution in [0.2, 0.25) is 0 Å². The summed E-state index contributed by atoms with van der Waals surface area (Å²) < 4.78 is 10.7.